The predicted molar refractivity (Wildman–Crippen MR) is 126 cm³/mol. The maximum Gasteiger partial charge on any atom is 0.338 e. The van der Waals surface area contributed by atoms with Crippen LogP contribution in [0, 0.1) is 0 Å². The second-order valence-corrected chi connectivity index (χ2v) is 7.13. The molecule has 0 aliphatic carbocycles. The molecule has 0 saturated heterocycles. The monoisotopic (exact) mass is 440 g/mol. The van der Waals surface area contributed by atoms with E-state index in [-0.39, 0.29) is 0 Å². The quantitative estimate of drug-likeness (QED) is 0.462. The Bertz CT molecular complexity index is 812. The van der Waals surface area contributed by atoms with Gasteiger partial charge < -0.3 is 19.3 Å². The highest BCUT2D eigenvalue weighted by molar-refractivity contribution is 5.94. The van der Waals surface area contributed by atoms with Crippen molar-refractivity contribution >= 4 is 29.1 Å². The van der Waals surface area contributed by atoms with E-state index in [1.165, 1.54) is 0 Å². The summed E-state index contributed by atoms with van der Waals surface area (Å²) in [7, 11) is 0. The average Bonchev–Trinajstić information content (AvgIpc) is 2.83. The second kappa shape index (κ2) is 12.5. The molecule has 0 unspecified atom stereocenters. The second-order valence-electron chi connectivity index (χ2n) is 7.13. The van der Waals surface area contributed by atoms with Gasteiger partial charge in [-0.05, 0) is 76.2 Å². The molecule has 0 N–H and O–H groups in total. The first-order valence-corrected chi connectivity index (χ1v) is 11.0. The Labute approximate surface area is 189 Å². The van der Waals surface area contributed by atoms with Gasteiger partial charge in [-0.3, -0.25) is 4.79 Å². The first kappa shape index (κ1) is 24.9. The number of ketones is 1. The Hall–Kier alpha value is -3.35. The molecule has 7 heteroatoms. The van der Waals surface area contributed by atoms with E-state index < -0.39 is 30.9 Å². The summed E-state index contributed by atoms with van der Waals surface area (Å²) in [5, 5.41) is 0. The van der Waals surface area contributed by atoms with E-state index in [0.29, 0.717) is 11.1 Å². The molecule has 7 nitrogen and oxygen atoms in total. The van der Waals surface area contributed by atoms with Crippen LogP contribution >= 0.6 is 0 Å². The lowest BCUT2D eigenvalue weighted by molar-refractivity contribution is -0.125. The number of ether oxygens (including phenoxy) is 2. The maximum atomic E-state index is 12.2. The minimum atomic E-state index is -0.595. The van der Waals surface area contributed by atoms with Crippen LogP contribution in [0.3, 0.4) is 0 Å². The molecular formula is C25H32N2O5. The molecule has 172 valence electrons. The molecule has 0 aromatic heterocycles. The van der Waals surface area contributed by atoms with E-state index in [1.807, 2.05) is 24.3 Å². The minimum absolute atomic E-state index is 0.360. The van der Waals surface area contributed by atoms with Gasteiger partial charge in [-0.25, -0.2) is 9.59 Å². The lowest BCUT2D eigenvalue weighted by Crippen LogP contribution is -2.22. The third-order valence-corrected chi connectivity index (χ3v) is 5.19. The molecule has 32 heavy (non-hydrogen) atoms. The zero-order valence-corrected chi connectivity index (χ0v) is 19.3. The standard InChI is InChI=1S/C25H32N2O5/c1-5-26(6-2)21-13-9-19(10-14-21)24(29)31-17-23(28)18-32-25(30)20-11-15-22(16-12-20)27(7-3)8-4/h9-16H,5-8,17-18H2,1-4H3. The summed E-state index contributed by atoms with van der Waals surface area (Å²) in [5.41, 5.74) is 2.75. The van der Waals surface area contributed by atoms with E-state index in [1.54, 1.807) is 24.3 Å². The third-order valence-electron chi connectivity index (χ3n) is 5.19. The van der Waals surface area contributed by atoms with E-state index in [9.17, 15) is 14.4 Å². The molecule has 2 aromatic rings. The highest BCUT2D eigenvalue weighted by Gasteiger charge is 2.14. The largest absolute Gasteiger partial charge is 0.454 e. The van der Waals surface area contributed by atoms with E-state index >= 15 is 0 Å². The van der Waals surface area contributed by atoms with Gasteiger partial charge in [-0.2, -0.15) is 0 Å². The van der Waals surface area contributed by atoms with Crippen LogP contribution < -0.4 is 9.80 Å². The van der Waals surface area contributed by atoms with E-state index in [2.05, 4.69) is 37.5 Å². The van der Waals surface area contributed by atoms with Crippen LogP contribution in [0.1, 0.15) is 48.4 Å². The normalized spacial score (nSPS) is 10.4. The molecule has 2 rings (SSSR count). The number of hydrogen-bond donors (Lipinski definition) is 0. The minimum Gasteiger partial charge on any atom is -0.454 e. The van der Waals surface area contributed by atoms with Crippen LogP contribution in [-0.2, 0) is 14.3 Å². The number of carbonyl (C=O) groups is 3. The summed E-state index contributed by atoms with van der Waals surface area (Å²) >= 11 is 0. The molecule has 0 amide bonds. The average molecular weight is 441 g/mol. The Morgan fingerprint density at radius 1 is 0.594 bits per heavy atom. The van der Waals surface area contributed by atoms with Crippen molar-refractivity contribution in [1.82, 2.24) is 0 Å². The van der Waals surface area contributed by atoms with Crippen LogP contribution in [0.4, 0.5) is 11.4 Å². The topological polar surface area (TPSA) is 76.1 Å². The van der Waals surface area contributed by atoms with Gasteiger partial charge in [-0.1, -0.05) is 0 Å². The first-order valence-electron chi connectivity index (χ1n) is 11.0. The number of benzene rings is 2. The van der Waals surface area contributed by atoms with Crippen LogP contribution in [0.2, 0.25) is 0 Å². The zero-order valence-electron chi connectivity index (χ0n) is 19.3. The summed E-state index contributed by atoms with van der Waals surface area (Å²) in [6.07, 6.45) is 0. The van der Waals surface area contributed by atoms with Crippen molar-refractivity contribution in [3.05, 3.63) is 59.7 Å². The fourth-order valence-corrected chi connectivity index (χ4v) is 3.29. The van der Waals surface area contributed by atoms with Crippen molar-refractivity contribution in [2.75, 3.05) is 49.2 Å². The number of Topliss-reactive ketones (excluding diaryl/α,β-unsaturated/α-hetero) is 1. The Kier molecular flexibility index (Phi) is 9.73. The Morgan fingerprint density at radius 3 is 1.19 bits per heavy atom. The molecule has 0 aliphatic heterocycles. The number of nitrogens with zero attached hydrogens (tertiary/aromatic N) is 2. The summed E-state index contributed by atoms with van der Waals surface area (Å²) < 4.78 is 10.1. The van der Waals surface area contributed by atoms with Crippen LogP contribution in [0.25, 0.3) is 0 Å². The van der Waals surface area contributed by atoms with E-state index in [0.717, 1.165) is 37.6 Å². The molecule has 0 aliphatic rings. The van der Waals surface area contributed by atoms with Crippen LogP contribution in [0.5, 0.6) is 0 Å². The van der Waals surface area contributed by atoms with Gasteiger partial charge in [-0.15, -0.1) is 0 Å². The lowest BCUT2D eigenvalue weighted by Gasteiger charge is -2.21. The molecule has 0 spiro atoms. The number of rotatable bonds is 12. The van der Waals surface area contributed by atoms with E-state index in [4.69, 9.17) is 9.47 Å². The van der Waals surface area contributed by atoms with Gasteiger partial charge in [0.25, 0.3) is 0 Å². The first-order chi connectivity index (χ1) is 15.4. The summed E-state index contributed by atoms with van der Waals surface area (Å²) in [6, 6.07) is 14.1. The zero-order chi connectivity index (χ0) is 23.5. The molecule has 0 heterocycles. The van der Waals surface area contributed by atoms with Crippen LogP contribution in [-0.4, -0.2) is 57.1 Å². The summed E-state index contributed by atoms with van der Waals surface area (Å²) in [4.78, 5) is 40.6. The molecule has 0 atom stereocenters. The molecule has 0 saturated carbocycles. The number of anilines is 2. The Balaban J connectivity index is 1.80. The van der Waals surface area contributed by atoms with Crippen molar-refractivity contribution in [3.8, 4) is 0 Å². The van der Waals surface area contributed by atoms with Gasteiger partial charge in [0.2, 0.25) is 5.78 Å². The number of carbonyl (C=O) groups excluding carboxylic acids is 3. The maximum absolute atomic E-state index is 12.2. The summed E-state index contributed by atoms with van der Waals surface area (Å²) in [5.74, 6) is -1.68. The lowest BCUT2D eigenvalue weighted by atomic mass is 10.2. The molecule has 0 fully saturated rings. The number of esters is 2. The Morgan fingerprint density at radius 2 is 0.906 bits per heavy atom. The van der Waals surface area contributed by atoms with Gasteiger partial charge in [0.15, 0.2) is 13.2 Å². The van der Waals surface area contributed by atoms with Crippen molar-refractivity contribution in [2.45, 2.75) is 27.7 Å². The molecular weight excluding hydrogens is 408 g/mol. The van der Waals surface area contributed by atoms with Crippen molar-refractivity contribution in [3.63, 3.8) is 0 Å². The molecule has 0 radical (unpaired) electrons. The van der Waals surface area contributed by atoms with Gasteiger partial charge in [0.1, 0.15) is 0 Å². The number of hydrogen-bond acceptors (Lipinski definition) is 7. The van der Waals surface area contributed by atoms with Gasteiger partial charge in [0, 0.05) is 37.6 Å². The summed E-state index contributed by atoms with van der Waals surface area (Å²) in [6.45, 7) is 10.8. The van der Waals surface area contributed by atoms with Gasteiger partial charge >= 0.3 is 11.9 Å². The fraction of sp³-hybridized carbons (Fsp3) is 0.400. The fourth-order valence-electron chi connectivity index (χ4n) is 3.29. The molecule has 0 bridgehead atoms. The smallest absolute Gasteiger partial charge is 0.338 e. The van der Waals surface area contributed by atoms with Crippen molar-refractivity contribution in [2.24, 2.45) is 0 Å². The van der Waals surface area contributed by atoms with Gasteiger partial charge in [0.05, 0.1) is 11.1 Å². The van der Waals surface area contributed by atoms with Crippen molar-refractivity contribution in [1.29, 1.82) is 0 Å². The molecule has 2 aromatic carbocycles. The van der Waals surface area contributed by atoms with Crippen LogP contribution in [0.15, 0.2) is 48.5 Å². The highest BCUT2D eigenvalue weighted by Crippen LogP contribution is 2.16. The SMILES string of the molecule is CCN(CC)c1ccc(C(=O)OCC(=O)COC(=O)c2ccc(N(CC)CC)cc2)cc1. The predicted octanol–water partition coefficient (Wildman–Crippen LogP) is 3.96. The highest BCUT2D eigenvalue weighted by atomic mass is 16.6. The third kappa shape index (κ3) is 6.83. The van der Waals surface area contributed by atoms with Crippen molar-refractivity contribution < 1.29 is 23.9 Å².